The van der Waals surface area contributed by atoms with Gasteiger partial charge in [0.15, 0.2) is 0 Å². The number of carbonyl (C=O) groups is 1. The van der Waals surface area contributed by atoms with Crippen LogP contribution in [0.3, 0.4) is 0 Å². The second-order valence-electron chi connectivity index (χ2n) is 6.09. The average Bonchev–Trinajstić information content (AvgIpc) is 2.86. The molecule has 0 fully saturated rings. The molecule has 0 unspecified atom stereocenters. The molecule has 22 heavy (non-hydrogen) atoms. The van der Waals surface area contributed by atoms with Gasteiger partial charge in [-0.1, -0.05) is 0 Å². The molecule has 120 valence electrons. The van der Waals surface area contributed by atoms with Crippen molar-refractivity contribution in [2.45, 2.75) is 40.3 Å². The lowest BCUT2D eigenvalue weighted by molar-refractivity contribution is -0.116. The van der Waals surface area contributed by atoms with Gasteiger partial charge in [-0.05, 0) is 59.0 Å². The summed E-state index contributed by atoms with van der Waals surface area (Å²) in [5, 5.41) is 3.95. The van der Waals surface area contributed by atoms with Gasteiger partial charge in [0.2, 0.25) is 5.90 Å². The zero-order chi connectivity index (χ0) is 16.4. The van der Waals surface area contributed by atoms with Crippen LogP contribution in [0.2, 0.25) is 0 Å². The number of ether oxygens (including phenoxy) is 1. The molecule has 2 heterocycles. The van der Waals surface area contributed by atoms with Gasteiger partial charge in [-0.3, -0.25) is 4.79 Å². The summed E-state index contributed by atoms with van der Waals surface area (Å²) in [6.07, 6.45) is 1.77. The zero-order valence-corrected chi connectivity index (χ0v) is 14.1. The Morgan fingerprint density at radius 3 is 2.59 bits per heavy atom. The van der Waals surface area contributed by atoms with Crippen LogP contribution >= 0.6 is 0 Å². The predicted molar refractivity (Wildman–Crippen MR) is 87.4 cm³/mol. The molecular formula is C16H24N4O2. The number of amides is 1. The second kappa shape index (κ2) is 6.36. The third kappa shape index (κ3) is 3.39. The van der Waals surface area contributed by atoms with Crippen LogP contribution in [0.1, 0.15) is 36.4 Å². The number of hydrogen-bond donors (Lipinski definition) is 2. The largest absolute Gasteiger partial charge is 0.473 e. The van der Waals surface area contributed by atoms with Crippen LogP contribution in [0.15, 0.2) is 10.7 Å². The monoisotopic (exact) mass is 304 g/mol. The molecule has 0 spiro atoms. The van der Waals surface area contributed by atoms with Crippen molar-refractivity contribution in [1.82, 2.24) is 15.3 Å². The Labute approximate surface area is 131 Å². The molecule has 1 aromatic rings. The van der Waals surface area contributed by atoms with Gasteiger partial charge in [0, 0.05) is 17.9 Å². The van der Waals surface area contributed by atoms with Crippen LogP contribution in [0.4, 0.5) is 0 Å². The van der Waals surface area contributed by atoms with Crippen molar-refractivity contribution in [3.05, 3.63) is 28.1 Å². The van der Waals surface area contributed by atoms with Crippen LogP contribution in [-0.2, 0) is 16.1 Å². The number of aryl methyl sites for hydroxylation is 1. The summed E-state index contributed by atoms with van der Waals surface area (Å²) in [4.78, 5) is 17.4. The minimum atomic E-state index is -0.239. The number of H-pyrrole nitrogens is 1. The molecule has 0 radical (unpaired) electrons. The van der Waals surface area contributed by atoms with Crippen molar-refractivity contribution in [2.24, 2.45) is 5.10 Å². The average molecular weight is 304 g/mol. The fourth-order valence-electron chi connectivity index (χ4n) is 2.42. The number of carbonyl (C=O) groups excluding carboxylic acids is 1. The van der Waals surface area contributed by atoms with Crippen molar-refractivity contribution >= 4 is 17.9 Å². The Kier molecular flexibility index (Phi) is 4.71. The van der Waals surface area contributed by atoms with Crippen LogP contribution in [0.25, 0.3) is 6.08 Å². The normalized spacial score (nSPS) is 16.6. The Morgan fingerprint density at radius 2 is 2.00 bits per heavy atom. The number of aromatic amines is 1. The molecule has 1 aliphatic heterocycles. The molecule has 0 atom stereocenters. The van der Waals surface area contributed by atoms with Gasteiger partial charge < -0.3 is 14.6 Å². The summed E-state index contributed by atoms with van der Waals surface area (Å²) in [5.74, 6) is 0.109. The highest BCUT2D eigenvalue weighted by molar-refractivity contribution is 6.24. The van der Waals surface area contributed by atoms with E-state index in [9.17, 15) is 4.79 Å². The minimum absolute atomic E-state index is 0.0365. The van der Waals surface area contributed by atoms with E-state index in [4.69, 9.17) is 4.74 Å². The van der Waals surface area contributed by atoms with E-state index in [1.54, 1.807) is 0 Å². The Hall–Kier alpha value is -2.08. The molecule has 6 nitrogen and oxygen atoms in total. The van der Waals surface area contributed by atoms with Gasteiger partial charge >= 0.3 is 0 Å². The number of rotatable bonds is 4. The highest BCUT2D eigenvalue weighted by Crippen LogP contribution is 2.22. The maximum atomic E-state index is 12.0. The van der Waals surface area contributed by atoms with Crippen LogP contribution in [-0.4, -0.2) is 41.9 Å². The number of hydrazone groups is 1. The first-order valence-electron chi connectivity index (χ1n) is 7.39. The standard InChI is InChI=1S/C16H24N4O2/c1-9(2)22-16-12(15(21)18-19-16)7-14-10(3)13(8-20(5)6)11(4)17-14/h7,9,17H,8H2,1-6H3,(H,18,21). The number of aromatic nitrogens is 1. The lowest BCUT2D eigenvalue weighted by atomic mass is 10.1. The molecule has 6 heteroatoms. The summed E-state index contributed by atoms with van der Waals surface area (Å²) in [6, 6.07) is 0. The molecule has 1 amide bonds. The van der Waals surface area contributed by atoms with Crippen molar-refractivity contribution in [3.8, 4) is 0 Å². The first-order valence-corrected chi connectivity index (χ1v) is 7.39. The summed E-state index contributed by atoms with van der Waals surface area (Å²) in [6.45, 7) is 8.77. The zero-order valence-electron chi connectivity index (χ0n) is 14.1. The first kappa shape index (κ1) is 16.3. The molecule has 1 aliphatic rings. The smallest absolute Gasteiger partial charge is 0.277 e. The fourth-order valence-corrected chi connectivity index (χ4v) is 2.42. The van der Waals surface area contributed by atoms with E-state index in [1.165, 1.54) is 5.56 Å². The maximum Gasteiger partial charge on any atom is 0.277 e. The predicted octanol–water partition coefficient (Wildman–Crippen LogP) is 1.94. The van der Waals surface area contributed by atoms with E-state index in [-0.39, 0.29) is 12.0 Å². The Bertz CT molecular complexity index is 639. The van der Waals surface area contributed by atoms with Crippen LogP contribution in [0.5, 0.6) is 0 Å². The van der Waals surface area contributed by atoms with Crippen LogP contribution < -0.4 is 5.43 Å². The van der Waals surface area contributed by atoms with E-state index in [2.05, 4.69) is 27.3 Å². The Morgan fingerprint density at radius 1 is 1.32 bits per heavy atom. The first-order chi connectivity index (χ1) is 10.3. The second-order valence-corrected chi connectivity index (χ2v) is 6.09. The summed E-state index contributed by atoms with van der Waals surface area (Å²) < 4.78 is 5.58. The molecule has 0 aromatic carbocycles. The summed E-state index contributed by atoms with van der Waals surface area (Å²) in [7, 11) is 4.07. The molecule has 0 saturated carbocycles. The van der Waals surface area contributed by atoms with Crippen molar-refractivity contribution in [3.63, 3.8) is 0 Å². The molecular weight excluding hydrogens is 280 g/mol. The highest BCUT2D eigenvalue weighted by atomic mass is 16.5. The third-order valence-electron chi connectivity index (χ3n) is 3.48. The topological polar surface area (TPSA) is 69.7 Å². The molecule has 2 N–H and O–H groups in total. The Balaban J connectivity index is 2.36. The van der Waals surface area contributed by atoms with E-state index < -0.39 is 0 Å². The number of nitrogens with zero attached hydrogens (tertiary/aromatic N) is 2. The molecule has 0 bridgehead atoms. The van der Waals surface area contributed by atoms with Gasteiger partial charge in [-0.25, -0.2) is 5.43 Å². The molecule has 0 saturated heterocycles. The quantitative estimate of drug-likeness (QED) is 0.835. The lowest BCUT2D eigenvalue weighted by Crippen LogP contribution is -2.16. The molecule has 2 rings (SSSR count). The fraction of sp³-hybridized carbons (Fsp3) is 0.500. The SMILES string of the molecule is Cc1[nH]c(C=C2C(=O)NN=C2OC(C)C)c(C)c1CN(C)C. The van der Waals surface area contributed by atoms with E-state index in [1.807, 2.05) is 40.9 Å². The van der Waals surface area contributed by atoms with Gasteiger partial charge in [0.25, 0.3) is 5.91 Å². The van der Waals surface area contributed by atoms with Gasteiger partial charge in [-0.2, -0.15) is 0 Å². The maximum absolute atomic E-state index is 12.0. The van der Waals surface area contributed by atoms with Gasteiger partial charge in [-0.15, -0.1) is 5.10 Å². The van der Waals surface area contributed by atoms with Crippen LogP contribution in [0, 0.1) is 13.8 Å². The van der Waals surface area contributed by atoms with Crippen molar-refractivity contribution in [1.29, 1.82) is 0 Å². The van der Waals surface area contributed by atoms with Gasteiger partial charge in [0.05, 0.1) is 6.10 Å². The summed E-state index contributed by atoms with van der Waals surface area (Å²) >= 11 is 0. The number of nitrogens with one attached hydrogen (secondary N) is 2. The van der Waals surface area contributed by atoms with E-state index >= 15 is 0 Å². The van der Waals surface area contributed by atoms with E-state index in [0.717, 1.165) is 23.5 Å². The molecule has 1 aromatic heterocycles. The van der Waals surface area contributed by atoms with E-state index in [0.29, 0.717) is 11.5 Å². The highest BCUT2D eigenvalue weighted by Gasteiger charge is 2.26. The van der Waals surface area contributed by atoms with Crippen molar-refractivity contribution < 1.29 is 9.53 Å². The molecule has 0 aliphatic carbocycles. The minimum Gasteiger partial charge on any atom is -0.473 e. The van der Waals surface area contributed by atoms with Crippen molar-refractivity contribution in [2.75, 3.05) is 14.1 Å². The number of hydrogen-bond acceptors (Lipinski definition) is 4. The third-order valence-corrected chi connectivity index (χ3v) is 3.48. The summed E-state index contributed by atoms with van der Waals surface area (Å²) in [5.41, 5.74) is 7.32. The lowest BCUT2D eigenvalue weighted by Gasteiger charge is -2.10. The van der Waals surface area contributed by atoms with Gasteiger partial charge in [0.1, 0.15) is 5.57 Å².